The van der Waals surface area contributed by atoms with Crippen molar-refractivity contribution in [3.8, 4) is 0 Å². The fourth-order valence-electron chi connectivity index (χ4n) is 2.66. The number of aromatic nitrogens is 1. The highest BCUT2D eigenvalue weighted by atomic mass is 35.5. The van der Waals surface area contributed by atoms with Crippen molar-refractivity contribution in [2.75, 3.05) is 38.5 Å². The molecule has 6 nitrogen and oxygen atoms in total. The number of rotatable bonds is 3. The Labute approximate surface area is 161 Å². The van der Waals surface area contributed by atoms with E-state index in [1.807, 2.05) is 7.05 Å². The number of halogens is 2. The van der Waals surface area contributed by atoms with Crippen molar-refractivity contribution in [2.45, 2.75) is 0 Å². The number of pyridine rings is 1. The Kier molecular flexibility index (Phi) is 5.76. The summed E-state index contributed by atoms with van der Waals surface area (Å²) in [6, 6.07) is 7.90. The van der Waals surface area contributed by atoms with E-state index >= 15 is 0 Å². The van der Waals surface area contributed by atoms with Gasteiger partial charge in [-0.15, -0.1) is 0 Å². The van der Waals surface area contributed by atoms with Crippen molar-refractivity contribution in [2.24, 2.45) is 0 Å². The molecule has 0 atom stereocenters. The molecular weight excluding hydrogens is 375 g/mol. The number of amides is 2. The van der Waals surface area contributed by atoms with Gasteiger partial charge in [0.05, 0.1) is 10.7 Å². The summed E-state index contributed by atoms with van der Waals surface area (Å²) in [5.74, 6) is -0.558. The van der Waals surface area contributed by atoms with Crippen LogP contribution in [-0.4, -0.2) is 59.8 Å². The summed E-state index contributed by atoms with van der Waals surface area (Å²) in [6.07, 6.45) is 1.46. The highest BCUT2D eigenvalue weighted by Gasteiger charge is 2.21. The van der Waals surface area contributed by atoms with E-state index in [1.54, 1.807) is 29.2 Å². The van der Waals surface area contributed by atoms with Crippen LogP contribution < -0.4 is 5.32 Å². The molecule has 1 N–H and O–H groups in total. The molecule has 1 fully saturated rings. The van der Waals surface area contributed by atoms with Crippen molar-refractivity contribution in [1.29, 1.82) is 0 Å². The average molecular weight is 393 g/mol. The number of nitrogens with one attached hydrogen (secondary N) is 1. The Morgan fingerprint density at radius 2 is 1.81 bits per heavy atom. The van der Waals surface area contributed by atoms with Gasteiger partial charge < -0.3 is 15.1 Å². The van der Waals surface area contributed by atoms with Gasteiger partial charge in [0.25, 0.3) is 11.8 Å². The molecule has 0 spiro atoms. The van der Waals surface area contributed by atoms with E-state index in [0.717, 1.165) is 13.1 Å². The molecule has 1 aromatic carbocycles. The third-order valence-electron chi connectivity index (χ3n) is 4.21. The predicted molar refractivity (Wildman–Crippen MR) is 102 cm³/mol. The summed E-state index contributed by atoms with van der Waals surface area (Å²) in [6.45, 7) is 2.99. The molecule has 2 amide bonds. The molecule has 0 bridgehead atoms. The summed E-state index contributed by atoms with van der Waals surface area (Å²) in [4.78, 5) is 33.1. The zero-order chi connectivity index (χ0) is 18.7. The normalized spacial score (nSPS) is 15.0. The minimum atomic E-state index is -0.456. The van der Waals surface area contributed by atoms with E-state index < -0.39 is 5.91 Å². The van der Waals surface area contributed by atoms with Crippen LogP contribution >= 0.6 is 23.2 Å². The van der Waals surface area contributed by atoms with Crippen molar-refractivity contribution in [3.05, 3.63) is 57.8 Å². The summed E-state index contributed by atoms with van der Waals surface area (Å²) < 4.78 is 0. The predicted octanol–water partition coefficient (Wildman–Crippen LogP) is 3.03. The lowest BCUT2D eigenvalue weighted by Crippen LogP contribution is -2.47. The number of hydrogen-bond donors (Lipinski definition) is 1. The summed E-state index contributed by atoms with van der Waals surface area (Å²) in [5, 5.41) is 3.49. The van der Waals surface area contributed by atoms with Crippen LogP contribution in [-0.2, 0) is 0 Å². The number of likely N-dealkylation sites (N-methyl/N-ethyl adjacent to an activating group) is 1. The van der Waals surface area contributed by atoms with Gasteiger partial charge in [-0.2, -0.15) is 0 Å². The van der Waals surface area contributed by atoms with Gasteiger partial charge in [0, 0.05) is 43.0 Å². The largest absolute Gasteiger partial charge is 0.336 e. The molecule has 1 aromatic heterocycles. The monoisotopic (exact) mass is 392 g/mol. The van der Waals surface area contributed by atoms with Crippen LogP contribution in [0, 0.1) is 0 Å². The molecule has 8 heteroatoms. The summed E-state index contributed by atoms with van der Waals surface area (Å²) in [7, 11) is 2.03. The fourth-order valence-corrected chi connectivity index (χ4v) is 3.00. The zero-order valence-electron chi connectivity index (χ0n) is 14.2. The second-order valence-electron chi connectivity index (χ2n) is 6.10. The minimum Gasteiger partial charge on any atom is -0.336 e. The van der Waals surface area contributed by atoms with Crippen LogP contribution in [0.25, 0.3) is 0 Å². The van der Waals surface area contributed by atoms with Crippen LogP contribution in [0.15, 0.2) is 36.5 Å². The van der Waals surface area contributed by atoms with E-state index in [9.17, 15) is 9.59 Å². The third-order valence-corrected chi connectivity index (χ3v) is 4.77. The van der Waals surface area contributed by atoms with Crippen LogP contribution in [0.2, 0.25) is 10.0 Å². The molecule has 3 rings (SSSR count). The van der Waals surface area contributed by atoms with E-state index in [-0.39, 0.29) is 11.6 Å². The molecule has 136 valence electrons. The summed E-state index contributed by atoms with van der Waals surface area (Å²) >= 11 is 12.0. The number of benzene rings is 1. The summed E-state index contributed by atoms with van der Waals surface area (Å²) in [5.41, 5.74) is 0.967. The quantitative estimate of drug-likeness (QED) is 0.871. The smallest absolute Gasteiger partial charge is 0.274 e. The fraction of sp³-hybridized carbons (Fsp3) is 0.278. The zero-order valence-corrected chi connectivity index (χ0v) is 15.7. The van der Waals surface area contributed by atoms with Gasteiger partial charge in [0.1, 0.15) is 5.69 Å². The lowest BCUT2D eigenvalue weighted by molar-refractivity contribution is 0.0664. The van der Waals surface area contributed by atoms with Crippen LogP contribution in [0.3, 0.4) is 0 Å². The van der Waals surface area contributed by atoms with E-state index in [2.05, 4.69) is 15.2 Å². The maximum absolute atomic E-state index is 12.6. The van der Waals surface area contributed by atoms with E-state index in [4.69, 9.17) is 23.2 Å². The maximum Gasteiger partial charge on any atom is 0.274 e. The third kappa shape index (κ3) is 4.33. The molecule has 2 heterocycles. The first-order chi connectivity index (χ1) is 12.4. The first kappa shape index (κ1) is 18.6. The lowest BCUT2D eigenvalue weighted by Gasteiger charge is -2.32. The van der Waals surface area contributed by atoms with Crippen LogP contribution in [0.1, 0.15) is 20.8 Å². The first-order valence-corrected chi connectivity index (χ1v) is 8.90. The van der Waals surface area contributed by atoms with Crippen LogP contribution in [0.4, 0.5) is 5.69 Å². The topological polar surface area (TPSA) is 65.5 Å². The van der Waals surface area contributed by atoms with Gasteiger partial charge in [-0.3, -0.25) is 14.6 Å². The van der Waals surface area contributed by atoms with Crippen molar-refractivity contribution in [3.63, 3.8) is 0 Å². The molecule has 1 saturated heterocycles. The number of carbonyl (C=O) groups is 2. The Morgan fingerprint density at radius 1 is 1.08 bits per heavy atom. The molecule has 0 aliphatic carbocycles. The second-order valence-corrected chi connectivity index (χ2v) is 6.95. The molecule has 2 aromatic rings. The molecule has 26 heavy (non-hydrogen) atoms. The number of piperazine rings is 1. The molecule has 0 unspecified atom stereocenters. The van der Waals surface area contributed by atoms with Gasteiger partial charge in [0.2, 0.25) is 0 Å². The van der Waals surface area contributed by atoms with Crippen molar-refractivity contribution < 1.29 is 9.59 Å². The van der Waals surface area contributed by atoms with Gasteiger partial charge in [-0.25, -0.2) is 0 Å². The molecule has 1 aliphatic heterocycles. The number of anilines is 1. The molecule has 0 radical (unpaired) electrons. The van der Waals surface area contributed by atoms with Gasteiger partial charge >= 0.3 is 0 Å². The average Bonchev–Trinajstić information content (AvgIpc) is 2.65. The SMILES string of the molecule is CN1CCN(C(=O)c2ccnc(C(=O)Nc3cc(Cl)ccc3Cl)c2)CC1. The second kappa shape index (κ2) is 8.03. The Morgan fingerprint density at radius 3 is 2.54 bits per heavy atom. The maximum atomic E-state index is 12.6. The van der Waals surface area contributed by atoms with Crippen molar-refractivity contribution >= 4 is 40.7 Å². The highest BCUT2D eigenvalue weighted by molar-refractivity contribution is 6.35. The first-order valence-electron chi connectivity index (χ1n) is 8.14. The van der Waals surface area contributed by atoms with Crippen molar-refractivity contribution in [1.82, 2.24) is 14.8 Å². The Bertz CT molecular complexity index is 836. The van der Waals surface area contributed by atoms with Crippen LogP contribution in [0.5, 0.6) is 0 Å². The molecule has 0 saturated carbocycles. The lowest BCUT2D eigenvalue weighted by atomic mass is 10.1. The highest BCUT2D eigenvalue weighted by Crippen LogP contribution is 2.25. The van der Waals surface area contributed by atoms with Gasteiger partial charge in [-0.05, 0) is 37.4 Å². The Balaban J connectivity index is 1.75. The minimum absolute atomic E-state index is 0.102. The van der Waals surface area contributed by atoms with Gasteiger partial charge in [0.15, 0.2) is 0 Å². The molecule has 1 aliphatic rings. The van der Waals surface area contributed by atoms with E-state index in [0.29, 0.717) is 34.4 Å². The number of carbonyl (C=O) groups excluding carboxylic acids is 2. The van der Waals surface area contributed by atoms with Gasteiger partial charge in [-0.1, -0.05) is 23.2 Å². The Hall–Kier alpha value is -2.15. The molecular formula is C18H18Cl2N4O2. The number of hydrogen-bond acceptors (Lipinski definition) is 4. The standard InChI is InChI=1S/C18H18Cl2N4O2/c1-23-6-8-24(9-7-23)18(26)12-4-5-21-16(10-12)17(25)22-15-11-13(19)2-3-14(15)20/h2-5,10-11H,6-9H2,1H3,(H,22,25). The number of nitrogens with zero attached hydrogens (tertiary/aromatic N) is 3. The van der Waals surface area contributed by atoms with E-state index in [1.165, 1.54) is 12.3 Å².